The highest BCUT2D eigenvalue weighted by molar-refractivity contribution is 5.50. The molecule has 0 aromatic heterocycles. The molecule has 0 heterocycles. The first-order valence-corrected chi connectivity index (χ1v) is 13.5. The Morgan fingerprint density at radius 2 is 1.37 bits per heavy atom. The summed E-state index contributed by atoms with van der Waals surface area (Å²) in [5.74, 6) is 0.738. The average molecular weight is 485 g/mol. The quantitative estimate of drug-likeness (QED) is 0.344. The molecule has 0 radical (unpaired) electrons. The zero-order valence-corrected chi connectivity index (χ0v) is 21.0. The molecule has 0 spiro atoms. The predicted octanol–water partition coefficient (Wildman–Crippen LogP) is 9.37. The topological polar surface area (TPSA) is 9.23 Å². The van der Waals surface area contributed by atoms with E-state index in [2.05, 4.69) is 24.3 Å². The summed E-state index contributed by atoms with van der Waals surface area (Å²) in [6, 6.07) is 11.9. The Labute approximate surface area is 208 Å². The average Bonchev–Trinajstić information content (AvgIpc) is 2.90. The molecule has 2 aliphatic carbocycles. The molecule has 4 heteroatoms. The largest absolute Gasteiger partial charge is 0.491 e. The molecule has 0 amide bonds. The molecule has 35 heavy (non-hydrogen) atoms. The lowest BCUT2D eigenvalue weighted by atomic mass is 9.73. The van der Waals surface area contributed by atoms with Gasteiger partial charge in [0.15, 0.2) is 11.6 Å². The zero-order chi connectivity index (χ0) is 24.6. The number of benzene rings is 2. The van der Waals surface area contributed by atoms with Crippen LogP contribution in [0.2, 0.25) is 0 Å². The zero-order valence-electron chi connectivity index (χ0n) is 21.0. The van der Waals surface area contributed by atoms with Crippen molar-refractivity contribution < 1.29 is 17.9 Å². The van der Waals surface area contributed by atoms with E-state index in [4.69, 9.17) is 4.74 Å². The first-order chi connectivity index (χ1) is 17.1. The molecule has 0 unspecified atom stereocenters. The van der Waals surface area contributed by atoms with E-state index < -0.39 is 18.3 Å². The van der Waals surface area contributed by atoms with Gasteiger partial charge in [-0.25, -0.2) is 8.78 Å². The van der Waals surface area contributed by atoms with Crippen LogP contribution in [0.3, 0.4) is 0 Å². The Morgan fingerprint density at radius 1 is 0.771 bits per heavy atom. The van der Waals surface area contributed by atoms with Gasteiger partial charge in [0.05, 0.1) is 6.61 Å². The summed E-state index contributed by atoms with van der Waals surface area (Å²) in [4.78, 5) is 0. The molecular formula is C31H39F3O. The maximum atomic E-state index is 14.6. The van der Waals surface area contributed by atoms with Crippen molar-refractivity contribution in [2.24, 2.45) is 11.8 Å². The predicted molar refractivity (Wildman–Crippen MR) is 138 cm³/mol. The second kappa shape index (κ2) is 12.6. The minimum atomic E-state index is -0.841. The van der Waals surface area contributed by atoms with E-state index >= 15 is 0 Å². The van der Waals surface area contributed by atoms with Crippen molar-refractivity contribution in [3.8, 4) is 5.75 Å². The van der Waals surface area contributed by atoms with Crippen molar-refractivity contribution in [1.29, 1.82) is 0 Å². The van der Waals surface area contributed by atoms with E-state index in [0.717, 1.165) is 37.2 Å². The summed E-state index contributed by atoms with van der Waals surface area (Å²) in [6.45, 7) is 1.68. The molecule has 2 fully saturated rings. The fourth-order valence-corrected chi connectivity index (χ4v) is 6.21. The maximum absolute atomic E-state index is 14.6. The third-order valence-corrected chi connectivity index (χ3v) is 8.30. The number of rotatable bonds is 9. The summed E-state index contributed by atoms with van der Waals surface area (Å²) in [5.41, 5.74) is 3.00. The van der Waals surface area contributed by atoms with Crippen molar-refractivity contribution >= 4 is 6.08 Å². The maximum Gasteiger partial charge on any atom is 0.200 e. The highest BCUT2D eigenvalue weighted by atomic mass is 19.2. The van der Waals surface area contributed by atoms with Gasteiger partial charge in [-0.15, -0.1) is 0 Å². The van der Waals surface area contributed by atoms with Crippen LogP contribution < -0.4 is 4.74 Å². The summed E-state index contributed by atoms with van der Waals surface area (Å²) >= 11 is 0. The van der Waals surface area contributed by atoms with E-state index in [1.807, 2.05) is 6.08 Å². The van der Waals surface area contributed by atoms with E-state index in [0.29, 0.717) is 24.0 Å². The molecule has 2 saturated carbocycles. The first kappa shape index (κ1) is 25.9. The normalized spacial score (nSPS) is 25.1. The third-order valence-electron chi connectivity index (χ3n) is 8.30. The number of ether oxygens (including phenoxy) is 1. The minimum absolute atomic E-state index is 0.0138. The van der Waals surface area contributed by atoms with Crippen LogP contribution in [0.25, 0.3) is 6.08 Å². The van der Waals surface area contributed by atoms with Crippen LogP contribution >= 0.6 is 0 Å². The molecule has 2 aromatic rings. The van der Waals surface area contributed by atoms with Crippen LogP contribution in [0.5, 0.6) is 5.75 Å². The first-order valence-electron chi connectivity index (χ1n) is 13.5. The lowest BCUT2D eigenvalue weighted by Crippen LogP contribution is -2.18. The summed E-state index contributed by atoms with van der Waals surface area (Å²) in [7, 11) is 0. The molecule has 2 aliphatic rings. The van der Waals surface area contributed by atoms with Crippen molar-refractivity contribution in [3.63, 3.8) is 0 Å². The number of alkyl halides is 1. The monoisotopic (exact) mass is 484 g/mol. The number of allylic oxidation sites excluding steroid dienone is 1. The molecule has 0 atom stereocenters. The Bertz CT molecular complexity index is 952. The SMILES string of the molecule is CCOc1ccc(C2CCC(CCC3CCC(c4ccc(/C=C/CF)cc4)CC3)CC2)c(F)c1F. The molecule has 1 nitrogen and oxygen atoms in total. The van der Waals surface area contributed by atoms with Crippen LogP contribution in [-0.2, 0) is 0 Å². The van der Waals surface area contributed by atoms with Gasteiger partial charge in [0, 0.05) is 0 Å². The van der Waals surface area contributed by atoms with E-state index in [-0.39, 0.29) is 11.7 Å². The van der Waals surface area contributed by atoms with Crippen molar-refractivity contribution in [3.05, 3.63) is 70.8 Å². The standard InChI is InChI=1S/C31H39F3O/c1-2-35-29-20-19-28(30(33)31(29)34)27-17-11-24(12-18-27)6-5-23-9-15-26(16-10-23)25-13-7-22(8-14-25)4-3-21-32/h3-4,7-8,13-14,19-20,23-24,26-27H,2,5-6,9-12,15-18,21H2,1H3/b4-3+. The van der Waals surface area contributed by atoms with Gasteiger partial charge in [-0.3, -0.25) is 0 Å². The lowest BCUT2D eigenvalue weighted by molar-refractivity contribution is 0.250. The van der Waals surface area contributed by atoms with Crippen LogP contribution in [0.4, 0.5) is 13.2 Å². The molecule has 0 aliphatic heterocycles. The van der Waals surface area contributed by atoms with Crippen LogP contribution in [-0.4, -0.2) is 13.3 Å². The fourth-order valence-electron chi connectivity index (χ4n) is 6.21. The minimum Gasteiger partial charge on any atom is -0.491 e. The highest BCUT2D eigenvalue weighted by Gasteiger charge is 2.28. The lowest BCUT2D eigenvalue weighted by Gasteiger charge is -2.32. The Hall–Kier alpha value is -2.23. The van der Waals surface area contributed by atoms with Gasteiger partial charge in [-0.1, -0.05) is 55.3 Å². The van der Waals surface area contributed by atoms with Crippen molar-refractivity contribution in [1.82, 2.24) is 0 Å². The van der Waals surface area contributed by atoms with Gasteiger partial charge in [0.2, 0.25) is 5.82 Å². The van der Waals surface area contributed by atoms with E-state index in [1.54, 1.807) is 25.1 Å². The molecule has 0 N–H and O–H groups in total. The Morgan fingerprint density at radius 3 is 1.94 bits per heavy atom. The number of halogens is 3. The van der Waals surface area contributed by atoms with Gasteiger partial charge in [0.25, 0.3) is 0 Å². The van der Waals surface area contributed by atoms with Crippen LogP contribution in [0, 0.1) is 23.5 Å². The molecule has 190 valence electrons. The van der Waals surface area contributed by atoms with Crippen LogP contribution in [0.15, 0.2) is 42.5 Å². The van der Waals surface area contributed by atoms with E-state index in [9.17, 15) is 13.2 Å². The second-order valence-corrected chi connectivity index (χ2v) is 10.4. The number of hydrogen-bond acceptors (Lipinski definition) is 1. The van der Waals surface area contributed by atoms with Crippen molar-refractivity contribution in [2.45, 2.75) is 83.0 Å². The molecular weight excluding hydrogens is 445 g/mol. The van der Waals surface area contributed by atoms with Gasteiger partial charge in [-0.05, 0) is 105 Å². The summed E-state index contributed by atoms with van der Waals surface area (Å²) in [6.07, 6.45) is 15.1. The molecule has 4 rings (SSSR count). The van der Waals surface area contributed by atoms with Crippen molar-refractivity contribution in [2.75, 3.05) is 13.3 Å². The smallest absolute Gasteiger partial charge is 0.200 e. The third kappa shape index (κ3) is 6.71. The highest BCUT2D eigenvalue weighted by Crippen LogP contribution is 2.42. The van der Waals surface area contributed by atoms with Gasteiger partial charge >= 0.3 is 0 Å². The number of hydrogen-bond donors (Lipinski definition) is 0. The fraction of sp³-hybridized carbons (Fsp3) is 0.548. The molecule has 2 aromatic carbocycles. The Balaban J connectivity index is 1.19. The molecule has 0 saturated heterocycles. The second-order valence-electron chi connectivity index (χ2n) is 10.4. The van der Waals surface area contributed by atoms with Gasteiger partial charge in [-0.2, -0.15) is 4.39 Å². The summed E-state index contributed by atoms with van der Waals surface area (Å²) in [5, 5.41) is 0. The van der Waals surface area contributed by atoms with Crippen LogP contribution in [0.1, 0.15) is 99.7 Å². The summed E-state index contributed by atoms with van der Waals surface area (Å²) < 4.78 is 46.4. The van der Waals surface area contributed by atoms with Gasteiger partial charge in [0.1, 0.15) is 6.67 Å². The van der Waals surface area contributed by atoms with E-state index in [1.165, 1.54) is 44.1 Å². The molecule has 0 bridgehead atoms. The van der Waals surface area contributed by atoms with Gasteiger partial charge < -0.3 is 4.74 Å². The Kier molecular flexibility index (Phi) is 9.34.